The number of anilines is 1. The van der Waals surface area contributed by atoms with E-state index in [0.717, 1.165) is 22.0 Å². The molecule has 6 nitrogen and oxygen atoms in total. The van der Waals surface area contributed by atoms with Crippen molar-refractivity contribution in [3.05, 3.63) is 60.2 Å². The van der Waals surface area contributed by atoms with Gasteiger partial charge in [-0.15, -0.1) is 0 Å². The van der Waals surface area contributed by atoms with E-state index in [4.69, 9.17) is 4.74 Å². The molecule has 0 radical (unpaired) electrons. The number of pyridine rings is 1. The van der Waals surface area contributed by atoms with Crippen LogP contribution in [-0.2, 0) is 9.53 Å². The van der Waals surface area contributed by atoms with E-state index in [1.165, 1.54) is 7.11 Å². The molecule has 2 aromatic carbocycles. The number of amides is 1. The molecule has 26 heavy (non-hydrogen) atoms. The summed E-state index contributed by atoms with van der Waals surface area (Å²) in [5.74, 6) is 0.199. The highest BCUT2D eigenvalue weighted by atomic mass is 16.5. The van der Waals surface area contributed by atoms with E-state index >= 15 is 0 Å². The molecule has 2 N–H and O–H groups in total. The van der Waals surface area contributed by atoms with Gasteiger partial charge < -0.3 is 15.4 Å². The van der Waals surface area contributed by atoms with Crippen LogP contribution >= 0.6 is 0 Å². The highest BCUT2D eigenvalue weighted by molar-refractivity contribution is 5.91. The summed E-state index contributed by atoms with van der Waals surface area (Å²) in [7, 11) is 2.96. The summed E-state index contributed by atoms with van der Waals surface area (Å²) in [5.41, 5.74) is 3.38. The number of nitrogens with zero attached hydrogens (tertiary/aromatic N) is 1. The molecule has 3 rings (SSSR count). The fraction of sp³-hybridized carbons (Fsp3) is 0.150. The molecule has 0 saturated carbocycles. The maximum absolute atomic E-state index is 11.5. The number of methoxy groups -OCH3 is 1. The van der Waals surface area contributed by atoms with Crippen LogP contribution in [0.2, 0.25) is 0 Å². The van der Waals surface area contributed by atoms with Gasteiger partial charge in [-0.25, -0.2) is 9.78 Å². The van der Waals surface area contributed by atoms with Crippen molar-refractivity contribution in [2.45, 2.75) is 0 Å². The number of carbonyl (C=O) groups excluding carboxylic acids is 2. The number of benzene rings is 2. The molecule has 0 unspecified atom stereocenters. The lowest BCUT2D eigenvalue weighted by Gasteiger charge is -2.08. The summed E-state index contributed by atoms with van der Waals surface area (Å²) in [5, 5.41) is 6.53. The van der Waals surface area contributed by atoms with Crippen LogP contribution in [-0.4, -0.2) is 37.6 Å². The summed E-state index contributed by atoms with van der Waals surface area (Å²) in [6.45, 7) is 0.180. The van der Waals surface area contributed by atoms with Crippen LogP contribution in [0.25, 0.3) is 22.0 Å². The Morgan fingerprint density at radius 2 is 1.73 bits per heavy atom. The number of hydrogen-bond acceptors (Lipinski definition) is 5. The van der Waals surface area contributed by atoms with Crippen LogP contribution in [0.1, 0.15) is 10.4 Å². The van der Waals surface area contributed by atoms with Gasteiger partial charge in [0.2, 0.25) is 5.91 Å². The lowest BCUT2D eigenvalue weighted by Crippen LogP contribution is -2.26. The molecule has 1 aromatic heterocycles. The number of rotatable bonds is 5. The third-order valence-corrected chi connectivity index (χ3v) is 4.04. The molecule has 0 aliphatic heterocycles. The van der Waals surface area contributed by atoms with Crippen LogP contribution in [0.15, 0.2) is 54.6 Å². The number of aromatic nitrogens is 1. The Morgan fingerprint density at radius 3 is 2.42 bits per heavy atom. The molecular formula is C20H19N3O3. The fourth-order valence-corrected chi connectivity index (χ4v) is 2.58. The minimum absolute atomic E-state index is 0.0994. The largest absolute Gasteiger partial charge is 0.465 e. The predicted octanol–water partition coefficient (Wildman–Crippen LogP) is 2.85. The van der Waals surface area contributed by atoms with Crippen molar-refractivity contribution in [1.29, 1.82) is 0 Å². The molecule has 0 bridgehead atoms. The standard InChI is InChI=1S/C20H19N3O3/c1-21-19(24)12-22-18-10-8-16-11-15(7-9-17(16)23-18)13-3-5-14(6-4-13)20(25)26-2/h3-11H,12H2,1-2H3,(H,21,24)(H,22,23). The van der Waals surface area contributed by atoms with E-state index in [0.29, 0.717) is 11.4 Å². The van der Waals surface area contributed by atoms with Crippen molar-refractivity contribution in [2.24, 2.45) is 0 Å². The molecule has 6 heteroatoms. The highest BCUT2D eigenvalue weighted by Crippen LogP contribution is 2.25. The van der Waals surface area contributed by atoms with E-state index in [-0.39, 0.29) is 18.4 Å². The lowest BCUT2D eigenvalue weighted by atomic mass is 10.0. The van der Waals surface area contributed by atoms with Gasteiger partial charge in [0.15, 0.2) is 0 Å². The number of fused-ring (bicyclic) bond motifs is 1. The van der Waals surface area contributed by atoms with Gasteiger partial charge in [0.1, 0.15) is 5.82 Å². The van der Waals surface area contributed by atoms with Crippen molar-refractivity contribution in [3.8, 4) is 11.1 Å². The zero-order valence-electron chi connectivity index (χ0n) is 14.6. The molecule has 132 valence electrons. The monoisotopic (exact) mass is 349 g/mol. The molecular weight excluding hydrogens is 330 g/mol. The van der Waals surface area contributed by atoms with Crippen LogP contribution in [0.4, 0.5) is 5.82 Å². The van der Waals surface area contributed by atoms with E-state index in [9.17, 15) is 9.59 Å². The molecule has 0 aliphatic carbocycles. The molecule has 0 aliphatic rings. The van der Waals surface area contributed by atoms with Crippen molar-refractivity contribution >= 4 is 28.6 Å². The third kappa shape index (κ3) is 3.80. The minimum atomic E-state index is -0.351. The number of likely N-dealkylation sites (N-methyl/N-ethyl adjacent to an activating group) is 1. The second-order valence-corrected chi connectivity index (χ2v) is 5.70. The number of carbonyl (C=O) groups is 2. The normalized spacial score (nSPS) is 10.4. The van der Waals surface area contributed by atoms with E-state index < -0.39 is 0 Å². The van der Waals surface area contributed by atoms with Crippen molar-refractivity contribution in [3.63, 3.8) is 0 Å². The Kier molecular flexibility index (Phi) is 5.12. The van der Waals surface area contributed by atoms with E-state index in [1.807, 2.05) is 42.5 Å². The van der Waals surface area contributed by atoms with Crippen molar-refractivity contribution < 1.29 is 14.3 Å². The Bertz CT molecular complexity index is 952. The van der Waals surface area contributed by atoms with Crippen LogP contribution in [0.5, 0.6) is 0 Å². The van der Waals surface area contributed by atoms with Crippen LogP contribution < -0.4 is 10.6 Å². The van der Waals surface area contributed by atoms with Gasteiger partial charge in [-0.3, -0.25) is 4.79 Å². The second kappa shape index (κ2) is 7.65. The van der Waals surface area contributed by atoms with E-state index in [1.54, 1.807) is 19.2 Å². The topological polar surface area (TPSA) is 80.3 Å². The first-order chi connectivity index (χ1) is 12.6. The second-order valence-electron chi connectivity index (χ2n) is 5.70. The molecule has 3 aromatic rings. The van der Waals surface area contributed by atoms with Gasteiger partial charge in [-0.1, -0.05) is 18.2 Å². The SMILES string of the molecule is CNC(=O)CNc1ccc2cc(-c3ccc(C(=O)OC)cc3)ccc2n1. The fourth-order valence-electron chi connectivity index (χ4n) is 2.58. The number of hydrogen-bond donors (Lipinski definition) is 2. The first kappa shape index (κ1) is 17.4. The first-order valence-corrected chi connectivity index (χ1v) is 8.15. The maximum atomic E-state index is 11.5. The third-order valence-electron chi connectivity index (χ3n) is 4.04. The van der Waals surface area contributed by atoms with Gasteiger partial charge in [0, 0.05) is 12.4 Å². The van der Waals surface area contributed by atoms with Gasteiger partial charge in [-0.05, 0) is 47.5 Å². The van der Waals surface area contributed by atoms with Crippen molar-refractivity contribution in [2.75, 3.05) is 26.0 Å². The van der Waals surface area contributed by atoms with Gasteiger partial charge in [-0.2, -0.15) is 0 Å². The molecule has 0 fully saturated rings. The highest BCUT2D eigenvalue weighted by Gasteiger charge is 2.07. The molecule has 0 atom stereocenters. The van der Waals surface area contributed by atoms with Gasteiger partial charge in [0.05, 0.1) is 24.7 Å². The number of ether oxygens (including phenoxy) is 1. The van der Waals surface area contributed by atoms with Gasteiger partial charge in [0.25, 0.3) is 0 Å². The Morgan fingerprint density at radius 1 is 1.00 bits per heavy atom. The number of esters is 1. The summed E-state index contributed by atoms with van der Waals surface area (Å²) in [6.07, 6.45) is 0. The number of nitrogens with one attached hydrogen (secondary N) is 2. The summed E-state index contributed by atoms with van der Waals surface area (Å²) in [4.78, 5) is 27.3. The smallest absolute Gasteiger partial charge is 0.337 e. The average Bonchev–Trinajstić information content (AvgIpc) is 2.70. The predicted molar refractivity (Wildman–Crippen MR) is 101 cm³/mol. The Balaban J connectivity index is 1.83. The summed E-state index contributed by atoms with van der Waals surface area (Å²) < 4.78 is 4.71. The molecule has 1 heterocycles. The Hall–Kier alpha value is -3.41. The van der Waals surface area contributed by atoms with Crippen molar-refractivity contribution in [1.82, 2.24) is 10.3 Å². The zero-order chi connectivity index (χ0) is 18.5. The van der Waals surface area contributed by atoms with Gasteiger partial charge >= 0.3 is 5.97 Å². The summed E-state index contributed by atoms with van der Waals surface area (Å²) >= 11 is 0. The lowest BCUT2D eigenvalue weighted by molar-refractivity contribution is -0.118. The molecule has 0 saturated heterocycles. The molecule has 0 spiro atoms. The van der Waals surface area contributed by atoms with Crippen LogP contribution in [0, 0.1) is 0 Å². The first-order valence-electron chi connectivity index (χ1n) is 8.15. The minimum Gasteiger partial charge on any atom is -0.465 e. The quantitative estimate of drug-likeness (QED) is 0.693. The summed E-state index contributed by atoms with van der Waals surface area (Å²) in [6, 6.07) is 17.0. The average molecular weight is 349 g/mol. The molecule has 1 amide bonds. The zero-order valence-corrected chi connectivity index (χ0v) is 14.6. The maximum Gasteiger partial charge on any atom is 0.337 e. The van der Waals surface area contributed by atoms with Crippen LogP contribution in [0.3, 0.4) is 0 Å². The van der Waals surface area contributed by atoms with E-state index in [2.05, 4.69) is 15.6 Å². The Labute approximate surface area is 151 Å².